The highest BCUT2D eigenvalue weighted by atomic mass is 16.5. The largest absolute Gasteiger partial charge is 0.453 e. The van der Waals surface area contributed by atoms with Crippen LogP contribution in [0.2, 0.25) is 0 Å². The van der Waals surface area contributed by atoms with Crippen LogP contribution in [0.4, 0.5) is 17.1 Å². The molecular formula is C45H40N2O2. The van der Waals surface area contributed by atoms with Crippen molar-refractivity contribution in [3.8, 4) is 17.2 Å². The van der Waals surface area contributed by atoms with E-state index >= 15 is 0 Å². The summed E-state index contributed by atoms with van der Waals surface area (Å²) in [5.74, 6) is 1.59. The van der Waals surface area contributed by atoms with Gasteiger partial charge in [-0.1, -0.05) is 77.9 Å². The van der Waals surface area contributed by atoms with Gasteiger partial charge in [-0.2, -0.15) is 0 Å². The van der Waals surface area contributed by atoms with E-state index in [1.54, 1.807) is 0 Å². The minimum atomic E-state index is -0.00672. The van der Waals surface area contributed by atoms with Crippen LogP contribution in [-0.4, -0.2) is 10.4 Å². The van der Waals surface area contributed by atoms with Crippen molar-refractivity contribution in [1.82, 2.24) is 4.57 Å². The highest BCUT2D eigenvalue weighted by Crippen LogP contribution is 2.50. The fourth-order valence-corrected chi connectivity index (χ4v) is 6.91. The molecule has 4 heteroatoms. The van der Waals surface area contributed by atoms with Crippen molar-refractivity contribution in [3.63, 3.8) is 0 Å². The van der Waals surface area contributed by atoms with Gasteiger partial charge < -0.3 is 14.2 Å². The van der Waals surface area contributed by atoms with E-state index in [4.69, 9.17) is 4.74 Å². The van der Waals surface area contributed by atoms with E-state index in [1.807, 2.05) is 72.8 Å². The molecule has 4 nitrogen and oxygen atoms in total. The Morgan fingerprint density at radius 1 is 0.510 bits per heavy atom. The summed E-state index contributed by atoms with van der Waals surface area (Å²) in [6.07, 6.45) is 0. The molecule has 0 N–H and O–H groups in total. The maximum Gasteiger partial charge on any atom is 0.193 e. The smallest absolute Gasteiger partial charge is 0.193 e. The van der Waals surface area contributed by atoms with E-state index in [0.29, 0.717) is 11.1 Å². The number of aromatic nitrogens is 1. The molecule has 2 heterocycles. The number of nitrogens with zero attached hydrogens (tertiary/aromatic N) is 2. The molecule has 1 aliphatic rings. The van der Waals surface area contributed by atoms with Crippen LogP contribution in [0.5, 0.6) is 11.5 Å². The molecular weight excluding hydrogens is 601 g/mol. The number of fused-ring (bicyclic) bond motifs is 5. The van der Waals surface area contributed by atoms with Gasteiger partial charge in [0.05, 0.1) is 22.4 Å². The van der Waals surface area contributed by atoms with Crippen LogP contribution in [0, 0.1) is 0 Å². The standard InChI is InChI=1S/C45H40N2O2/c1-44(2,3)31-19-25-37-35(27-31)36-28-32(45(4,5)6)20-26-38(36)46(37)33-21-15-29(16-22-33)43(48)30-17-23-34(24-18-30)47-39-11-7-9-13-41(39)49-42-14-10-8-12-40(42)47/h7-28H,1-6H3. The van der Waals surface area contributed by atoms with E-state index in [-0.39, 0.29) is 16.6 Å². The molecule has 0 aliphatic carbocycles. The predicted molar refractivity (Wildman–Crippen MR) is 203 cm³/mol. The lowest BCUT2D eigenvalue weighted by Gasteiger charge is -2.32. The molecule has 8 rings (SSSR count). The second-order valence-electron chi connectivity index (χ2n) is 15.1. The van der Waals surface area contributed by atoms with Gasteiger partial charge in [-0.3, -0.25) is 4.79 Å². The molecule has 0 saturated carbocycles. The maximum atomic E-state index is 13.8. The number of anilines is 3. The molecule has 49 heavy (non-hydrogen) atoms. The summed E-state index contributed by atoms with van der Waals surface area (Å²) in [5.41, 5.74) is 10.3. The lowest BCUT2D eigenvalue weighted by molar-refractivity contribution is 0.103. The van der Waals surface area contributed by atoms with E-state index in [9.17, 15) is 4.79 Å². The van der Waals surface area contributed by atoms with Crippen molar-refractivity contribution in [2.24, 2.45) is 0 Å². The molecule has 0 unspecified atom stereocenters. The van der Waals surface area contributed by atoms with Gasteiger partial charge in [0, 0.05) is 33.3 Å². The number of para-hydroxylation sites is 4. The van der Waals surface area contributed by atoms with Crippen molar-refractivity contribution in [3.05, 3.63) is 156 Å². The molecule has 1 aliphatic heterocycles. The third-order valence-corrected chi connectivity index (χ3v) is 9.70. The fraction of sp³-hybridized carbons (Fsp3) is 0.178. The summed E-state index contributed by atoms with van der Waals surface area (Å²) >= 11 is 0. The highest BCUT2D eigenvalue weighted by Gasteiger charge is 2.26. The molecule has 1 aromatic heterocycles. The zero-order chi connectivity index (χ0) is 34.1. The maximum absolute atomic E-state index is 13.8. The molecule has 0 atom stereocenters. The summed E-state index contributed by atoms with van der Waals surface area (Å²) in [5, 5.41) is 2.50. The Labute approximate surface area is 288 Å². The average Bonchev–Trinajstić information content (AvgIpc) is 3.43. The Kier molecular flexibility index (Phi) is 7.04. The first-order valence-electron chi connectivity index (χ1n) is 17.0. The number of ketones is 1. The van der Waals surface area contributed by atoms with Gasteiger partial charge in [0.2, 0.25) is 0 Å². The van der Waals surface area contributed by atoms with Crippen LogP contribution in [0.3, 0.4) is 0 Å². The van der Waals surface area contributed by atoms with Gasteiger partial charge in [-0.25, -0.2) is 0 Å². The van der Waals surface area contributed by atoms with Gasteiger partial charge >= 0.3 is 0 Å². The molecule has 242 valence electrons. The lowest BCUT2D eigenvalue weighted by atomic mass is 9.85. The first kappa shape index (κ1) is 30.7. The quantitative estimate of drug-likeness (QED) is 0.180. The molecule has 0 amide bonds. The van der Waals surface area contributed by atoms with Crippen molar-refractivity contribution in [2.75, 3.05) is 4.90 Å². The summed E-state index contributed by atoms with van der Waals surface area (Å²) in [6.45, 7) is 13.6. The van der Waals surface area contributed by atoms with Crippen molar-refractivity contribution < 1.29 is 9.53 Å². The Morgan fingerprint density at radius 3 is 1.39 bits per heavy atom. The molecule has 7 aromatic rings. The van der Waals surface area contributed by atoms with Crippen LogP contribution in [0.1, 0.15) is 68.6 Å². The zero-order valence-corrected chi connectivity index (χ0v) is 28.9. The minimum absolute atomic E-state index is 0.00672. The predicted octanol–water partition coefficient (Wildman–Crippen LogP) is 12.2. The Balaban J connectivity index is 1.14. The highest BCUT2D eigenvalue weighted by molar-refractivity contribution is 6.11. The topological polar surface area (TPSA) is 34.5 Å². The second-order valence-corrected chi connectivity index (χ2v) is 15.1. The van der Waals surface area contributed by atoms with Gasteiger partial charge in [-0.15, -0.1) is 0 Å². The molecule has 0 spiro atoms. The number of benzene rings is 6. The van der Waals surface area contributed by atoms with E-state index < -0.39 is 0 Å². The van der Waals surface area contributed by atoms with E-state index in [1.165, 1.54) is 21.9 Å². The first-order chi connectivity index (χ1) is 23.5. The SMILES string of the molecule is CC(C)(C)c1ccc2c(c1)c1cc(C(C)(C)C)ccc1n2-c1ccc(C(=O)c2ccc(N3c4ccccc4Oc4ccccc43)cc2)cc1. The first-order valence-corrected chi connectivity index (χ1v) is 17.0. The Morgan fingerprint density at radius 2 is 0.939 bits per heavy atom. The Hall–Kier alpha value is -5.61. The van der Waals surface area contributed by atoms with Gasteiger partial charge in [0.1, 0.15) is 0 Å². The zero-order valence-electron chi connectivity index (χ0n) is 28.9. The third-order valence-electron chi connectivity index (χ3n) is 9.70. The number of hydrogen-bond acceptors (Lipinski definition) is 3. The van der Waals surface area contributed by atoms with Crippen molar-refractivity contribution in [1.29, 1.82) is 0 Å². The van der Waals surface area contributed by atoms with Crippen LogP contribution in [0.15, 0.2) is 133 Å². The number of carbonyl (C=O) groups excluding carboxylic acids is 1. The van der Waals surface area contributed by atoms with Crippen molar-refractivity contribution >= 4 is 44.7 Å². The van der Waals surface area contributed by atoms with E-state index in [0.717, 1.165) is 45.3 Å². The van der Waals surface area contributed by atoms with Crippen LogP contribution in [0.25, 0.3) is 27.5 Å². The molecule has 0 saturated heterocycles. The third kappa shape index (κ3) is 5.28. The monoisotopic (exact) mass is 640 g/mol. The Bertz CT molecular complexity index is 2270. The summed E-state index contributed by atoms with van der Waals surface area (Å²) in [6, 6.07) is 45.6. The molecule has 0 fully saturated rings. The summed E-state index contributed by atoms with van der Waals surface area (Å²) in [4.78, 5) is 16.0. The lowest BCUT2D eigenvalue weighted by Crippen LogP contribution is -2.15. The molecule has 0 radical (unpaired) electrons. The summed E-state index contributed by atoms with van der Waals surface area (Å²) in [7, 11) is 0. The number of hydrogen-bond donors (Lipinski definition) is 0. The normalized spacial score (nSPS) is 12.9. The van der Waals surface area contributed by atoms with Gasteiger partial charge in [-0.05, 0) is 119 Å². The molecule has 6 aromatic carbocycles. The number of ether oxygens (including phenoxy) is 1. The summed E-state index contributed by atoms with van der Waals surface area (Å²) < 4.78 is 8.50. The fourth-order valence-electron chi connectivity index (χ4n) is 6.91. The van der Waals surface area contributed by atoms with E-state index in [2.05, 4.69) is 112 Å². The molecule has 0 bridgehead atoms. The van der Waals surface area contributed by atoms with Crippen LogP contribution < -0.4 is 9.64 Å². The van der Waals surface area contributed by atoms with Gasteiger partial charge in [0.25, 0.3) is 0 Å². The number of carbonyl (C=O) groups is 1. The van der Waals surface area contributed by atoms with Gasteiger partial charge in [0.15, 0.2) is 17.3 Å². The van der Waals surface area contributed by atoms with Crippen LogP contribution in [-0.2, 0) is 10.8 Å². The number of rotatable bonds is 4. The second kappa shape index (κ2) is 11.2. The van der Waals surface area contributed by atoms with Crippen LogP contribution >= 0.6 is 0 Å². The average molecular weight is 641 g/mol. The minimum Gasteiger partial charge on any atom is -0.453 e. The van der Waals surface area contributed by atoms with Crippen molar-refractivity contribution in [2.45, 2.75) is 52.4 Å².